The summed E-state index contributed by atoms with van der Waals surface area (Å²) < 4.78 is 0. The fourth-order valence-corrected chi connectivity index (χ4v) is 3.34. The molecule has 1 heterocycles. The normalized spacial score (nSPS) is 28.4. The molecule has 0 aromatic carbocycles. The van der Waals surface area contributed by atoms with E-state index < -0.39 is 0 Å². The molecule has 4 heteroatoms. The fraction of sp³-hybridized carbons (Fsp3) is 0.923. The Morgan fingerprint density at radius 3 is 2.65 bits per heavy atom. The summed E-state index contributed by atoms with van der Waals surface area (Å²) in [6, 6.07) is 0.304. The third-order valence-corrected chi connectivity index (χ3v) is 4.00. The summed E-state index contributed by atoms with van der Waals surface area (Å²) in [4.78, 5) is 16.3. The standard InChI is InChI=1S/C13H25N3O/c1-10(9-15(2)3)16-12(17)8-14-13(16)11-6-4-5-7-11/h10-11,13-14H,4-9H2,1-3H3. The van der Waals surface area contributed by atoms with Crippen LogP contribution in [0.2, 0.25) is 0 Å². The average Bonchev–Trinajstić information content (AvgIpc) is 2.84. The second kappa shape index (κ2) is 5.36. The molecule has 1 aliphatic heterocycles. The first-order valence-corrected chi connectivity index (χ1v) is 6.79. The molecule has 1 saturated carbocycles. The molecular formula is C13H25N3O. The largest absolute Gasteiger partial charge is 0.322 e. The average molecular weight is 239 g/mol. The van der Waals surface area contributed by atoms with Crippen molar-refractivity contribution in [3.05, 3.63) is 0 Å². The molecule has 2 fully saturated rings. The molecule has 0 aromatic rings. The van der Waals surface area contributed by atoms with Crippen LogP contribution in [0.15, 0.2) is 0 Å². The summed E-state index contributed by atoms with van der Waals surface area (Å²) in [6.07, 6.45) is 5.49. The van der Waals surface area contributed by atoms with E-state index in [2.05, 4.69) is 36.1 Å². The molecule has 2 aliphatic rings. The Morgan fingerprint density at radius 2 is 2.06 bits per heavy atom. The highest BCUT2D eigenvalue weighted by atomic mass is 16.2. The van der Waals surface area contributed by atoms with E-state index in [4.69, 9.17) is 0 Å². The van der Waals surface area contributed by atoms with Crippen molar-refractivity contribution in [2.75, 3.05) is 27.2 Å². The topological polar surface area (TPSA) is 35.6 Å². The highest BCUT2D eigenvalue weighted by Gasteiger charge is 2.39. The van der Waals surface area contributed by atoms with Gasteiger partial charge in [-0.3, -0.25) is 10.1 Å². The molecule has 1 amide bonds. The number of likely N-dealkylation sites (N-methyl/N-ethyl adjacent to an activating group) is 1. The number of carbonyl (C=O) groups is 1. The third-order valence-electron chi connectivity index (χ3n) is 4.00. The lowest BCUT2D eigenvalue weighted by Crippen LogP contribution is -2.50. The van der Waals surface area contributed by atoms with E-state index in [0.29, 0.717) is 24.7 Å². The quantitative estimate of drug-likeness (QED) is 0.791. The SMILES string of the molecule is CC(CN(C)C)N1C(=O)CNC1C1CCCC1. The van der Waals surface area contributed by atoms with Gasteiger partial charge in [0.1, 0.15) is 0 Å². The first kappa shape index (κ1) is 12.8. The molecule has 0 bridgehead atoms. The molecule has 0 aromatic heterocycles. The summed E-state index contributed by atoms with van der Waals surface area (Å²) in [6.45, 7) is 3.63. The highest BCUT2D eigenvalue weighted by molar-refractivity contribution is 5.81. The molecule has 2 rings (SSSR count). The van der Waals surface area contributed by atoms with Crippen molar-refractivity contribution in [2.45, 2.75) is 44.8 Å². The van der Waals surface area contributed by atoms with Crippen molar-refractivity contribution in [2.24, 2.45) is 5.92 Å². The van der Waals surface area contributed by atoms with Crippen LogP contribution >= 0.6 is 0 Å². The van der Waals surface area contributed by atoms with E-state index in [0.717, 1.165) is 6.54 Å². The van der Waals surface area contributed by atoms with Crippen LogP contribution in [-0.2, 0) is 4.79 Å². The predicted octanol–water partition coefficient (Wildman–Crippen LogP) is 0.885. The van der Waals surface area contributed by atoms with Crippen molar-refractivity contribution in [1.82, 2.24) is 15.1 Å². The Hall–Kier alpha value is -0.610. The van der Waals surface area contributed by atoms with Gasteiger partial charge in [0, 0.05) is 12.6 Å². The lowest BCUT2D eigenvalue weighted by molar-refractivity contribution is -0.131. The molecule has 0 radical (unpaired) electrons. The van der Waals surface area contributed by atoms with Crippen LogP contribution in [0.1, 0.15) is 32.6 Å². The first-order valence-electron chi connectivity index (χ1n) is 6.79. The van der Waals surface area contributed by atoms with E-state index in [-0.39, 0.29) is 5.91 Å². The number of rotatable bonds is 4. The number of carbonyl (C=O) groups excluding carboxylic acids is 1. The lowest BCUT2D eigenvalue weighted by Gasteiger charge is -2.35. The van der Waals surface area contributed by atoms with Crippen LogP contribution in [-0.4, -0.2) is 55.1 Å². The minimum Gasteiger partial charge on any atom is -0.322 e. The summed E-state index contributed by atoms with van der Waals surface area (Å²) in [5.74, 6) is 0.947. The van der Waals surface area contributed by atoms with Crippen molar-refractivity contribution < 1.29 is 4.79 Å². The summed E-state index contributed by atoms with van der Waals surface area (Å²) in [5, 5.41) is 3.41. The van der Waals surface area contributed by atoms with Crippen LogP contribution < -0.4 is 5.32 Å². The molecule has 2 atom stereocenters. The van der Waals surface area contributed by atoms with Crippen molar-refractivity contribution in [3.63, 3.8) is 0 Å². The van der Waals surface area contributed by atoms with Gasteiger partial charge < -0.3 is 9.80 Å². The molecule has 17 heavy (non-hydrogen) atoms. The van der Waals surface area contributed by atoms with Gasteiger partial charge in [0.15, 0.2) is 0 Å². The number of nitrogens with zero attached hydrogens (tertiary/aromatic N) is 2. The van der Waals surface area contributed by atoms with Crippen molar-refractivity contribution >= 4 is 5.91 Å². The minimum absolute atomic E-state index is 0.274. The monoisotopic (exact) mass is 239 g/mol. The van der Waals surface area contributed by atoms with Crippen LogP contribution in [0.3, 0.4) is 0 Å². The zero-order valence-electron chi connectivity index (χ0n) is 11.3. The zero-order chi connectivity index (χ0) is 12.4. The minimum atomic E-state index is 0.274. The Bertz CT molecular complexity index is 274. The summed E-state index contributed by atoms with van der Waals surface area (Å²) >= 11 is 0. The molecule has 98 valence electrons. The van der Waals surface area contributed by atoms with Crippen LogP contribution in [0, 0.1) is 5.92 Å². The van der Waals surface area contributed by atoms with E-state index in [1.54, 1.807) is 0 Å². The van der Waals surface area contributed by atoms with Crippen LogP contribution in [0.5, 0.6) is 0 Å². The van der Waals surface area contributed by atoms with E-state index in [1.807, 2.05) is 0 Å². The van der Waals surface area contributed by atoms with Gasteiger partial charge in [0.2, 0.25) is 5.91 Å². The van der Waals surface area contributed by atoms with Gasteiger partial charge in [0.05, 0.1) is 12.7 Å². The van der Waals surface area contributed by atoms with Crippen LogP contribution in [0.4, 0.5) is 0 Å². The zero-order valence-corrected chi connectivity index (χ0v) is 11.3. The van der Waals surface area contributed by atoms with E-state index in [1.165, 1.54) is 25.7 Å². The van der Waals surface area contributed by atoms with Gasteiger partial charge in [-0.05, 0) is 39.8 Å². The molecular weight excluding hydrogens is 214 g/mol. The Balaban J connectivity index is 2.02. The Labute approximate surface area is 104 Å². The fourth-order valence-electron chi connectivity index (χ4n) is 3.34. The van der Waals surface area contributed by atoms with Crippen LogP contribution in [0.25, 0.3) is 0 Å². The molecule has 0 spiro atoms. The molecule has 4 nitrogen and oxygen atoms in total. The van der Waals surface area contributed by atoms with Gasteiger partial charge in [-0.1, -0.05) is 12.8 Å². The first-order chi connectivity index (χ1) is 8.09. The second-order valence-corrected chi connectivity index (χ2v) is 5.78. The van der Waals surface area contributed by atoms with E-state index in [9.17, 15) is 4.79 Å². The number of amides is 1. The van der Waals surface area contributed by atoms with Gasteiger partial charge in [-0.2, -0.15) is 0 Å². The van der Waals surface area contributed by atoms with Gasteiger partial charge in [-0.15, -0.1) is 0 Å². The van der Waals surface area contributed by atoms with Gasteiger partial charge in [0.25, 0.3) is 0 Å². The number of hydrogen-bond acceptors (Lipinski definition) is 3. The smallest absolute Gasteiger partial charge is 0.238 e. The maximum Gasteiger partial charge on any atom is 0.238 e. The molecule has 1 N–H and O–H groups in total. The number of nitrogens with one attached hydrogen (secondary N) is 1. The Morgan fingerprint density at radius 1 is 1.41 bits per heavy atom. The van der Waals surface area contributed by atoms with Gasteiger partial charge >= 0.3 is 0 Å². The molecule has 2 unspecified atom stereocenters. The Kier molecular flexibility index (Phi) is 4.05. The molecule has 1 aliphatic carbocycles. The van der Waals surface area contributed by atoms with Crippen molar-refractivity contribution in [3.8, 4) is 0 Å². The molecule has 1 saturated heterocycles. The van der Waals surface area contributed by atoms with Gasteiger partial charge in [-0.25, -0.2) is 0 Å². The second-order valence-electron chi connectivity index (χ2n) is 5.78. The maximum atomic E-state index is 12.0. The maximum absolute atomic E-state index is 12.0. The predicted molar refractivity (Wildman–Crippen MR) is 68.6 cm³/mol. The summed E-state index contributed by atoms with van der Waals surface area (Å²) in [5.41, 5.74) is 0. The third kappa shape index (κ3) is 2.80. The van der Waals surface area contributed by atoms with Crippen molar-refractivity contribution in [1.29, 1.82) is 0 Å². The highest BCUT2D eigenvalue weighted by Crippen LogP contribution is 2.31. The number of hydrogen-bond donors (Lipinski definition) is 1. The lowest BCUT2D eigenvalue weighted by atomic mass is 10.0. The summed E-state index contributed by atoms with van der Waals surface area (Å²) in [7, 11) is 4.13. The van der Waals surface area contributed by atoms with E-state index >= 15 is 0 Å².